The molecule has 110 valence electrons. The minimum Gasteiger partial charge on any atom is -0.618 e. The minimum absolute atomic E-state index is 0.0610. The molecule has 0 fully saturated rings. The van der Waals surface area contributed by atoms with Gasteiger partial charge in [-0.2, -0.15) is 15.1 Å². The average molecular weight is 292 g/mol. The van der Waals surface area contributed by atoms with Crippen LogP contribution in [0.2, 0.25) is 0 Å². The van der Waals surface area contributed by atoms with Crippen LogP contribution in [-0.2, 0) is 7.05 Å². The average Bonchev–Trinajstić information content (AvgIpc) is 2.68. The van der Waals surface area contributed by atoms with Crippen LogP contribution in [0.5, 0.6) is 0 Å². The van der Waals surface area contributed by atoms with E-state index in [1.807, 2.05) is 6.07 Å². The van der Waals surface area contributed by atoms with Crippen molar-refractivity contribution in [3.63, 3.8) is 0 Å². The zero-order valence-corrected chi connectivity index (χ0v) is 12.1. The summed E-state index contributed by atoms with van der Waals surface area (Å²) in [5.41, 5.74) is 1.47. The van der Waals surface area contributed by atoms with E-state index in [2.05, 4.69) is 5.10 Å². The third-order valence-electron chi connectivity index (χ3n) is 3.52. The predicted octanol–water partition coefficient (Wildman–Crippen LogP) is 2.46. The van der Waals surface area contributed by atoms with E-state index >= 15 is 0 Å². The van der Waals surface area contributed by atoms with Crippen molar-refractivity contribution in [1.29, 1.82) is 5.26 Å². The molecule has 0 atom stereocenters. The zero-order valence-electron chi connectivity index (χ0n) is 12.1. The molecule has 2 aromatic heterocycles. The molecule has 0 saturated carbocycles. The third-order valence-corrected chi connectivity index (χ3v) is 3.52. The summed E-state index contributed by atoms with van der Waals surface area (Å²) in [4.78, 5) is 0. The van der Waals surface area contributed by atoms with Gasteiger partial charge < -0.3 is 5.21 Å². The van der Waals surface area contributed by atoms with E-state index < -0.39 is 6.43 Å². The van der Waals surface area contributed by atoms with Gasteiger partial charge in [0.1, 0.15) is 11.8 Å². The fourth-order valence-electron chi connectivity index (χ4n) is 2.37. The number of rotatable bonds is 2. The smallest absolute Gasteiger partial charge is 0.269 e. The summed E-state index contributed by atoms with van der Waals surface area (Å²) >= 11 is 0. The lowest BCUT2D eigenvalue weighted by molar-refractivity contribution is -0.602. The quantitative estimate of drug-likeness (QED) is 0.630. The van der Waals surface area contributed by atoms with Crippen LogP contribution in [0.4, 0.5) is 8.78 Å². The van der Waals surface area contributed by atoms with Crippen molar-refractivity contribution in [2.75, 3.05) is 0 Å². The molecule has 0 N–H and O–H groups in total. The summed E-state index contributed by atoms with van der Waals surface area (Å²) in [6, 6.07) is 3.30. The minimum atomic E-state index is -2.71. The van der Waals surface area contributed by atoms with Crippen LogP contribution in [0.3, 0.4) is 0 Å². The van der Waals surface area contributed by atoms with Gasteiger partial charge in [0.05, 0.1) is 5.56 Å². The Kier molecular flexibility index (Phi) is 3.64. The molecule has 5 nitrogen and oxygen atoms in total. The van der Waals surface area contributed by atoms with Crippen LogP contribution in [0.1, 0.15) is 34.5 Å². The van der Waals surface area contributed by atoms with E-state index in [1.54, 1.807) is 20.9 Å². The number of nitrogens with zero attached hydrogens (tertiary/aromatic N) is 4. The number of halogens is 2. The number of aromatic nitrogens is 3. The molecule has 2 aromatic rings. The molecule has 0 aromatic carbocycles. The zero-order chi connectivity index (χ0) is 15.9. The van der Waals surface area contributed by atoms with E-state index in [-0.39, 0.29) is 17.0 Å². The highest BCUT2D eigenvalue weighted by molar-refractivity contribution is 5.62. The van der Waals surface area contributed by atoms with Gasteiger partial charge in [0.25, 0.3) is 6.43 Å². The van der Waals surface area contributed by atoms with Gasteiger partial charge in [-0.1, -0.05) is 0 Å². The van der Waals surface area contributed by atoms with Gasteiger partial charge in [-0.05, 0) is 19.9 Å². The molecular weight excluding hydrogens is 278 g/mol. The second kappa shape index (κ2) is 5.13. The Morgan fingerprint density at radius 3 is 2.48 bits per heavy atom. The third kappa shape index (κ3) is 2.23. The van der Waals surface area contributed by atoms with Crippen molar-refractivity contribution >= 4 is 0 Å². The summed E-state index contributed by atoms with van der Waals surface area (Å²) in [5.74, 6) is 0. The molecule has 0 saturated heterocycles. The van der Waals surface area contributed by atoms with Gasteiger partial charge >= 0.3 is 0 Å². The SMILES string of the molecule is Cc1cc(C(F)F)c(C)[n+]([O-])c1-c1nn(C)c(C#N)c1C. The highest BCUT2D eigenvalue weighted by Gasteiger charge is 2.27. The van der Waals surface area contributed by atoms with Crippen molar-refractivity contribution < 1.29 is 13.5 Å². The van der Waals surface area contributed by atoms with Gasteiger partial charge in [-0.25, -0.2) is 8.78 Å². The second-order valence-electron chi connectivity index (χ2n) is 4.87. The molecule has 0 bridgehead atoms. The number of pyridine rings is 1. The fraction of sp³-hybridized carbons (Fsp3) is 0.357. The molecule has 2 heterocycles. The lowest BCUT2D eigenvalue weighted by atomic mass is 10.0. The van der Waals surface area contributed by atoms with E-state index in [4.69, 9.17) is 5.26 Å². The van der Waals surface area contributed by atoms with Gasteiger partial charge in [0.2, 0.25) is 5.69 Å². The summed E-state index contributed by atoms with van der Waals surface area (Å²) in [6.45, 7) is 4.60. The topological polar surface area (TPSA) is 68.5 Å². The molecule has 0 aliphatic rings. The molecular formula is C14H14F2N4O. The van der Waals surface area contributed by atoms with Crippen LogP contribution in [0.15, 0.2) is 6.07 Å². The normalized spacial score (nSPS) is 11.0. The van der Waals surface area contributed by atoms with E-state index in [0.717, 1.165) is 0 Å². The predicted molar refractivity (Wildman–Crippen MR) is 71.5 cm³/mol. The first-order chi connectivity index (χ1) is 9.79. The number of nitriles is 1. The Bertz CT molecular complexity index is 760. The second-order valence-corrected chi connectivity index (χ2v) is 4.87. The number of alkyl halides is 2. The van der Waals surface area contributed by atoms with E-state index in [1.165, 1.54) is 17.7 Å². The largest absolute Gasteiger partial charge is 0.618 e. The Balaban J connectivity index is 2.78. The monoisotopic (exact) mass is 292 g/mol. The molecule has 0 radical (unpaired) electrons. The maximum absolute atomic E-state index is 12.9. The van der Waals surface area contributed by atoms with Crippen molar-refractivity contribution in [3.8, 4) is 17.5 Å². The molecule has 0 aliphatic carbocycles. The molecule has 0 spiro atoms. The summed E-state index contributed by atoms with van der Waals surface area (Å²) in [7, 11) is 1.60. The lowest BCUT2D eigenvalue weighted by Crippen LogP contribution is -2.35. The highest BCUT2D eigenvalue weighted by atomic mass is 19.3. The van der Waals surface area contributed by atoms with Crippen molar-refractivity contribution in [2.24, 2.45) is 7.05 Å². The highest BCUT2D eigenvalue weighted by Crippen LogP contribution is 2.28. The van der Waals surface area contributed by atoms with Crippen LogP contribution < -0.4 is 4.73 Å². The Morgan fingerprint density at radius 1 is 1.38 bits per heavy atom. The van der Waals surface area contributed by atoms with Gasteiger partial charge in [0, 0.05) is 25.1 Å². The molecule has 0 aliphatic heterocycles. The maximum Gasteiger partial charge on any atom is 0.269 e. The number of hydrogen-bond donors (Lipinski definition) is 0. The Hall–Kier alpha value is -2.49. The fourth-order valence-corrected chi connectivity index (χ4v) is 2.37. The summed E-state index contributed by atoms with van der Waals surface area (Å²) < 4.78 is 27.7. The van der Waals surface area contributed by atoms with E-state index in [9.17, 15) is 14.0 Å². The molecule has 21 heavy (non-hydrogen) atoms. The van der Waals surface area contributed by atoms with Crippen molar-refractivity contribution in [3.05, 3.63) is 39.4 Å². The molecule has 7 heteroatoms. The maximum atomic E-state index is 12.9. The molecule has 0 unspecified atom stereocenters. The first kappa shape index (κ1) is 14.9. The van der Waals surface area contributed by atoms with Crippen LogP contribution in [0, 0.1) is 37.3 Å². The van der Waals surface area contributed by atoms with E-state index in [0.29, 0.717) is 27.2 Å². The summed E-state index contributed by atoms with van der Waals surface area (Å²) in [5, 5.41) is 25.6. The van der Waals surface area contributed by atoms with Crippen LogP contribution in [0.25, 0.3) is 11.4 Å². The van der Waals surface area contributed by atoms with Crippen molar-refractivity contribution in [2.45, 2.75) is 27.2 Å². The van der Waals surface area contributed by atoms with Crippen LogP contribution in [-0.4, -0.2) is 9.78 Å². The number of aryl methyl sites for hydroxylation is 2. The van der Waals surface area contributed by atoms with Crippen LogP contribution >= 0.6 is 0 Å². The Morgan fingerprint density at radius 2 is 2.00 bits per heavy atom. The Labute approximate surface area is 120 Å². The van der Waals surface area contributed by atoms with Crippen molar-refractivity contribution in [1.82, 2.24) is 9.78 Å². The van der Waals surface area contributed by atoms with Gasteiger partial charge in [0.15, 0.2) is 11.4 Å². The standard InChI is InChI=1S/C14H14F2N4O/c1-7-5-10(14(15)16)9(3)20(21)13(7)12-8(2)11(6-17)19(4)18-12/h5,14H,1-4H3. The first-order valence-corrected chi connectivity index (χ1v) is 6.25. The summed E-state index contributed by atoms with van der Waals surface area (Å²) in [6.07, 6.45) is -2.71. The molecule has 0 amide bonds. The lowest BCUT2D eigenvalue weighted by Gasteiger charge is -2.12. The first-order valence-electron chi connectivity index (χ1n) is 6.25. The molecule has 2 rings (SSSR count). The van der Waals surface area contributed by atoms with Gasteiger partial charge in [-0.15, -0.1) is 0 Å². The van der Waals surface area contributed by atoms with Gasteiger partial charge in [-0.3, -0.25) is 4.68 Å². The number of hydrogen-bond acceptors (Lipinski definition) is 3.